The topological polar surface area (TPSA) is 12.0 Å². The van der Waals surface area contributed by atoms with E-state index in [0.717, 1.165) is 29.9 Å². The molecule has 0 aliphatic rings. The minimum absolute atomic E-state index is 0.707. The third-order valence-corrected chi connectivity index (χ3v) is 6.18. The van der Waals surface area contributed by atoms with Gasteiger partial charge in [0, 0.05) is 23.9 Å². The smallest absolute Gasteiger partial charge is 0.0642 e. The molecule has 1 heterocycles. The van der Waals surface area contributed by atoms with Crippen LogP contribution < -0.4 is 5.32 Å². The van der Waals surface area contributed by atoms with Gasteiger partial charge in [0.1, 0.15) is 0 Å². The summed E-state index contributed by atoms with van der Waals surface area (Å²) < 4.78 is 3.32. The van der Waals surface area contributed by atoms with Crippen molar-refractivity contribution in [3.8, 4) is 0 Å². The Morgan fingerprint density at radius 3 is 2.48 bits per heavy atom. The average Bonchev–Trinajstić information content (AvgIpc) is 2.75. The third-order valence-electron chi connectivity index (χ3n) is 3.21. The van der Waals surface area contributed by atoms with E-state index in [1.807, 2.05) is 12.1 Å². The van der Waals surface area contributed by atoms with Gasteiger partial charge >= 0.3 is 0 Å². The van der Waals surface area contributed by atoms with Gasteiger partial charge in [-0.1, -0.05) is 29.8 Å². The van der Waals surface area contributed by atoms with Crippen LogP contribution in [0.2, 0.25) is 5.02 Å². The SMILES string of the molecule is Cc1cc(Br)c(NCc2sc3ccccc3c2Cl)c(Br)c1. The lowest BCUT2D eigenvalue weighted by atomic mass is 10.2. The largest absolute Gasteiger partial charge is 0.378 e. The molecule has 0 radical (unpaired) electrons. The van der Waals surface area contributed by atoms with Crippen LogP contribution in [0.15, 0.2) is 45.3 Å². The number of aryl methyl sites for hydroxylation is 1. The Morgan fingerprint density at radius 2 is 1.81 bits per heavy atom. The number of halogens is 3. The monoisotopic (exact) mass is 443 g/mol. The quantitative estimate of drug-likeness (QED) is 0.458. The first-order valence-corrected chi connectivity index (χ1v) is 9.19. The molecule has 0 aliphatic carbocycles. The van der Waals surface area contributed by atoms with Crippen molar-refractivity contribution < 1.29 is 0 Å². The predicted molar refractivity (Wildman–Crippen MR) is 101 cm³/mol. The Balaban J connectivity index is 1.89. The average molecular weight is 446 g/mol. The highest BCUT2D eigenvalue weighted by atomic mass is 79.9. The second kappa shape index (κ2) is 6.29. The summed E-state index contributed by atoms with van der Waals surface area (Å²) in [6.07, 6.45) is 0. The second-order valence-electron chi connectivity index (χ2n) is 4.79. The zero-order valence-corrected chi connectivity index (χ0v) is 16.0. The van der Waals surface area contributed by atoms with Crippen molar-refractivity contribution in [2.75, 3.05) is 5.32 Å². The number of anilines is 1. The molecule has 0 amide bonds. The van der Waals surface area contributed by atoms with Gasteiger partial charge in [0.2, 0.25) is 0 Å². The standard InChI is InChI=1S/C16H12Br2ClNS/c1-9-6-11(17)16(12(18)7-9)20-8-14-15(19)10-4-2-3-5-13(10)21-14/h2-7,20H,8H2,1H3. The Morgan fingerprint density at radius 1 is 1.14 bits per heavy atom. The number of rotatable bonds is 3. The van der Waals surface area contributed by atoms with Gasteiger partial charge in [-0.3, -0.25) is 0 Å². The van der Waals surface area contributed by atoms with Gasteiger partial charge in [0.15, 0.2) is 0 Å². The van der Waals surface area contributed by atoms with Crippen molar-refractivity contribution in [2.24, 2.45) is 0 Å². The molecule has 2 aromatic carbocycles. The molecule has 0 unspecified atom stereocenters. The number of thiophene rings is 1. The van der Waals surface area contributed by atoms with Gasteiger partial charge in [0.25, 0.3) is 0 Å². The number of nitrogens with one attached hydrogen (secondary N) is 1. The summed E-state index contributed by atoms with van der Waals surface area (Å²) in [4.78, 5) is 1.15. The maximum absolute atomic E-state index is 6.48. The van der Waals surface area contributed by atoms with Crippen LogP contribution in [0.1, 0.15) is 10.4 Å². The molecule has 21 heavy (non-hydrogen) atoms. The van der Waals surface area contributed by atoms with Crippen LogP contribution in [0.5, 0.6) is 0 Å². The normalized spacial score (nSPS) is 11.0. The Hall–Kier alpha value is -0.550. The van der Waals surface area contributed by atoms with E-state index in [0.29, 0.717) is 6.54 Å². The van der Waals surface area contributed by atoms with Gasteiger partial charge in [-0.2, -0.15) is 0 Å². The van der Waals surface area contributed by atoms with Gasteiger partial charge < -0.3 is 5.32 Å². The van der Waals surface area contributed by atoms with Crippen LogP contribution in [0.25, 0.3) is 10.1 Å². The van der Waals surface area contributed by atoms with E-state index in [4.69, 9.17) is 11.6 Å². The van der Waals surface area contributed by atoms with Crippen LogP contribution >= 0.6 is 54.8 Å². The maximum atomic E-state index is 6.48. The van der Waals surface area contributed by atoms with E-state index >= 15 is 0 Å². The molecule has 3 aromatic rings. The van der Waals surface area contributed by atoms with Gasteiger partial charge in [0.05, 0.1) is 17.3 Å². The lowest BCUT2D eigenvalue weighted by molar-refractivity contribution is 1.18. The summed E-state index contributed by atoms with van der Waals surface area (Å²) in [5.74, 6) is 0. The highest BCUT2D eigenvalue weighted by Crippen LogP contribution is 2.37. The molecule has 1 N–H and O–H groups in total. The molecule has 0 spiro atoms. The summed E-state index contributed by atoms with van der Waals surface area (Å²) in [6, 6.07) is 12.4. The molecule has 1 aromatic heterocycles. The van der Waals surface area contributed by atoms with Crippen LogP contribution in [0.3, 0.4) is 0 Å². The zero-order valence-electron chi connectivity index (χ0n) is 11.2. The minimum Gasteiger partial charge on any atom is -0.378 e. The van der Waals surface area contributed by atoms with Crippen molar-refractivity contribution in [2.45, 2.75) is 13.5 Å². The van der Waals surface area contributed by atoms with Crippen LogP contribution in [0.4, 0.5) is 5.69 Å². The molecule has 5 heteroatoms. The maximum Gasteiger partial charge on any atom is 0.0642 e. The Bertz CT molecular complexity index is 790. The van der Waals surface area contributed by atoms with E-state index in [9.17, 15) is 0 Å². The number of hydrogen-bond acceptors (Lipinski definition) is 2. The Labute approximate surface area is 149 Å². The van der Waals surface area contributed by atoms with Gasteiger partial charge in [-0.25, -0.2) is 0 Å². The van der Waals surface area contributed by atoms with Crippen molar-refractivity contribution in [3.63, 3.8) is 0 Å². The van der Waals surface area contributed by atoms with E-state index in [1.165, 1.54) is 10.3 Å². The molecule has 0 aliphatic heterocycles. The van der Waals surface area contributed by atoms with E-state index in [2.05, 4.69) is 68.4 Å². The Kier molecular flexibility index (Phi) is 4.60. The van der Waals surface area contributed by atoms with Crippen molar-refractivity contribution in [1.29, 1.82) is 0 Å². The lowest BCUT2D eigenvalue weighted by Gasteiger charge is -2.11. The predicted octanol–water partition coefficient (Wildman–Crippen LogP) is 7.00. The molecule has 1 nitrogen and oxygen atoms in total. The fourth-order valence-corrected chi connectivity index (χ4v) is 5.35. The number of fused-ring (bicyclic) bond motifs is 1. The zero-order chi connectivity index (χ0) is 15.0. The highest BCUT2D eigenvalue weighted by Gasteiger charge is 2.11. The minimum atomic E-state index is 0.707. The summed E-state index contributed by atoms with van der Waals surface area (Å²) in [5, 5.41) is 5.44. The molecule has 3 rings (SSSR count). The lowest BCUT2D eigenvalue weighted by Crippen LogP contribution is -2.00. The first-order valence-electron chi connectivity index (χ1n) is 6.41. The third kappa shape index (κ3) is 3.14. The van der Waals surface area contributed by atoms with E-state index in [1.54, 1.807) is 11.3 Å². The molecule has 0 bridgehead atoms. The van der Waals surface area contributed by atoms with Crippen LogP contribution in [-0.2, 0) is 6.54 Å². The first-order chi connectivity index (χ1) is 10.1. The summed E-state index contributed by atoms with van der Waals surface area (Å²) in [5.41, 5.74) is 2.26. The molecule has 0 atom stereocenters. The summed E-state index contributed by atoms with van der Waals surface area (Å²) >= 11 is 15.4. The number of benzene rings is 2. The van der Waals surface area contributed by atoms with Gasteiger partial charge in [-0.15, -0.1) is 11.3 Å². The second-order valence-corrected chi connectivity index (χ2v) is 8.02. The fourth-order valence-electron chi connectivity index (χ4n) is 2.22. The molecule has 108 valence electrons. The van der Waals surface area contributed by atoms with Crippen LogP contribution in [0, 0.1) is 6.92 Å². The first kappa shape index (κ1) is 15.3. The van der Waals surface area contributed by atoms with Crippen LogP contribution in [-0.4, -0.2) is 0 Å². The highest BCUT2D eigenvalue weighted by molar-refractivity contribution is 9.11. The van der Waals surface area contributed by atoms with E-state index in [-0.39, 0.29) is 0 Å². The molecular weight excluding hydrogens is 434 g/mol. The summed E-state index contributed by atoms with van der Waals surface area (Å²) in [7, 11) is 0. The molecule has 0 saturated heterocycles. The van der Waals surface area contributed by atoms with Crippen molar-refractivity contribution in [1.82, 2.24) is 0 Å². The number of hydrogen-bond donors (Lipinski definition) is 1. The fraction of sp³-hybridized carbons (Fsp3) is 0.125. The van der Waals surface area contributed by atoms with Crippen molar-refractivity contribution >= 4 is 70.6 Å². The molecular formula is C16H12Br2ClNS. The van der Waals surface area contributed by atoms with Gasteiger partial charge in [-0.05, 0) is 62.5 Å². The van der Waals surface area contributed by atoms with E-state index < -0.39 is 0 Å². The summed E-state index contributed by atoms with van der Waals surface area (Å²) in [6.45, 7) is 2.78. The molecule has 0 saturated carbocycles. The van der Waals surface area contributed by atoms with Crippen molar-refractivity contribution in [3.05, 3.63) is 60.8 Å². The molecule has 0 fully saturated rings.